The first-order valence-corrected chi connectivity index (χ1v) is 4.15. The van der Waals surface area contributed by atoms with E-state index in [-0.39, 0.29) is 36.2 Å². The van der Waals surface area contributed by atoms with Crippen LogP contribution in [-0.2, 0) is 9.53 Å². The van der Waals surface area contributed by atoms with Crippen molar-refractivity contribution < 1.29 is 48.9 Å². The minimum Gasteiger partial charge on any atom is -0.547 e. The van der Waals surface area contributed by atoms with Gasteiger partial charge in [0.15, 0.2) is 0 Å². The zero-order valence-corrected chi connectivity index (χ0v) is 10.8. The third-order valence-electron chi connectivity index (χ3n) is 1.69. The van der Waals surface area contributed by atoms with E-state index in [9.17, 15) is 9.90 Å². The number of rotatable bonds is 5. The average molecular weight is 218 g/mol. The van der Waals surface area contributed by atoms with Crippen LogP contribution in [0.25, 0.3) is 0 Å². The topological polar surface area (TPSA) is 58.6 Å². The molecule has 0 fully saturated rings. The Hall–Kier alpha value is -0.550. The van der Waals surface area contributed by atoms with Crippen LogP contribution in [0.15, 0.2) is 30.3 Å². The summed E-state index contributed by atoms with van der Waals surface area (Å²) in [7, 11) is 1.30. The van der Waals surface area contributed by atoms with Crippen molar-refractivity contribution in [3.05, 3.63) is 30.3 Å². The molecule has 0 spiro atoms. The Bertz CT molecular complexity index is 289. The van der Waals surface area contributed by atoms with Crippen LogP contribution in [0.5, 0.6) is 5.75 Å². The zero-order valence-electron chi connectivity index (χ0n) is 8.80. The van der Waals surface area contributed by atoms with Crippen LogP contribution in [0.3, 0.4) is 0 Å². The molecule has 0 heterocycles. The number of para-hydroxylation sites is 1. The number of ether oxygens (including phenoxy) is 2. The van der Waals surface area contributed by atoms with Gasteiger partial charge in [0, 0.05) is 7.11 Å². The molecule has 0 radical (unpaired) electrons. The maximum atomic E-state index is 10.4. The summed E-state index contributed by atoms with van der Waals surface area (Å²) < 4.78 is 9.82. The smallest absolute Gasteiger partial charge is 0.547 e. The van der Waals surface area contributed by atoms with Crippen LogP contribution < -0.4 is 39.4 Å². The fraction of sp³-hybridized carbons (Fsp3) is 0.300. The van der Waals surface area contributed by atoms with Gasteiger partial charge in [-0.15, -0.1) is 0 Å². The van der Waals surface area contributed by atoms with E-state index in [1.807, 2.05) is 6.07 Å². The Morgan fingerprint density at radius 3 is 2.47 bits per heavy atom. The Balaban J connectivity index is 0.00000196. The van der Waals surface area contributed by atoms with Crippen molar-refractivity contribution in [1.29, 1.82) is 0 Å². The number of carboxylic acids is 1. The molecule has 1 aromatic carbocycles. The van der Waals surface area contributed by atoms with Crippen molar-refractivity contribution in [3.8, 4) is 5.75 Å². The molecular formula is C10H11NaO4. The molecular weight excluding hydrogens is 207 g/mol. The van der Waals surface area contributed by atoms with Gasteiger partial charge in [0.2, 0.25) is 0 Å². The summed E-state index contributed by atoms with van der Waals surface area (Å²) in [6, 6.07) is 8.93. The molecule has 5 heteroatoms. The van der Waals surface area contributed by atoms with Crippen LogP contribution >= 0.6 is 0 Å². The Morgan fingerprint density at radius 1 is 1.40 bits per heavy atom. The largest absolute Gasteiger partial charge is 1.00 e. The minimum absolute atomic E-state index is 0. The van der Waals surface area contributed by atoms with Crippen LogP contribution in [0.2, 0.25) is 0 Å². The summed E-state index contributed by atoms with van der Waals surface area (Å²) >= 11 is 0. The molecule has 1 aromatic rings. The molecule has 1 rings (SSSR count). The predicted octanol–water partition coefficient (Wildman–Crippen LogP) is -3.17. The Kier molecular flexibility index (Phi) is 7.42. The molecule has 0 aliphatic carbocycles. The van der Waals surface area contributed by atoms with Gasteiger partial charge in [-0.25, -0.2) is 0 Å². The SMILES string of the molecule is COC(COc1ccccc1)C(=O)[O-].[Na+]. The standard InChI is InChI=1S/C10H12O4.Na/c1-13-9(10(11)12)7-14-8-5-3-2-4-6-8;/h2-6,9H,7H2,1H3,(H,11,12);/q;+1/p-1. The molecule has 1 unspecified atom stereocenters. The monoisotopic (exact) mass is 218 g/mol. The summed E-state index contributed by atoms with van der Waals surface area (Å²) in [6.07, 6.45) is -1.03. The fourth-order valence-corrected chi connectivity index (χ4v) is 0.921. The minimum atomic E-state index is -1.27. The summed E-state index contributed by atoms with van der Waals surface area (Å²) in [5.41, 5.74) is 0. The third-order valence-corrected chi connectivity index (χ3v) is 1.69. The molecule has 0 saturated heterocycles. The molecule has 0 aromatic heterocycles. The predicted molar refractivity (Wildman–Crippen MR) is 47.7 cm³/mol. The molecule has 15 heavy (non-hydrogen) atoms. The number of hydrogen-bond donors (Lipinski definition) is 0. The molecule has 1 atom stereocenters. The van der Waals surface area contributed by atoms with E-state index in [0.717, 1.165) is 0 Å². The second kappa shape index (κ2) is 7.70. The Morgan fingerprint density at radius 2 is 2.00 bits per heavy atom. The Labute approximate surface area is 110 Å². The van der Waals surface area contributed by atoms with Gasteiger partial charge in [-0.3, -0.25) is 0 Å². The van der Waals surface area contributed by atoms with Crippen molar-refractivity contribution >= 4 is 5.97 Å². The molecule has 0 saturated carbocycles. The first-order chi connectivity index (χ1) is 6.74. The van der Waals surface area contributed by atoms with Crippen molar-refractivity contribution in [2.24, 2.45) is 0 Å². The maximum absolute atomic E-state index is 10.4. The molecule has 0 aliphatic rings. The van der Waals surface area contributed by atoms with Gasteiger partial charge in [-0.2, -0.15) is 0 Å². The van der Waals surface area contributed by atoms with Gasteiger partial charge < -0.3 is 19.4 Å². The number of hydrogen-bond acceptors (Lipinski definition) is 4. The molecule has 0 amide bonds. The van der Waals surface area contributed by atoms with Crippen LogP contribution in [0, 0.1) is 0 Å². The van der Waals surface area contributed by atoms with Gasteiger partial charge in [-0.1, -0.05) is 18.2 Å². The first kappa shape index (κ1) is 14.5. The van der Waals surface area contributed by atoms with E-state index in [1.54, 1.807) is 24.3 Å². The van der Waals surface area contributed by atoms with E-state index in [1.165, 1.54) is 7.11 Å². The van der Waals surface area contributed by atoms with Crippen molar-refractivity contribution in [1.82, 2.24) is 0 Å². The quantitative estimate of drug-likeness (QED) is 0.489. The van der Waals surface area contributed by atoms with E-state index >= 15 is 0 Å². The molecule has 0 aliphatic heterocycles. The summed E-state index contributed by atoms with van der Waals surface area (Å²) in [6.45, 7) is -0.0527. The van der Waals surface area contributed by atoms with E-state index in [4.69, 9.17) is 4.74 Å². The van der Waals surface area contributed by atoms with Crippen molar-refractivity contribution in [2.45, 2.75) is 6.10 Å². The molecule has 76 valence electrons. The first-order valence-electron chi connectivity index (χ1n) is 4.15. The molecule has 0 N–H and O–H groups in total. The van der Waals surface area contributed by atoms with E-state index in [0.29, 0.717) is 5.75 Å². The van der Waals surface area contributed by atoms with E-state index < -0.39 is 12.1 Å². The summed E-state index contributed by atoms with van der Waals surface area (Å²) in [4.78, 5) is 10.4. The fourth-order valence-electron chi connectivity index (χ4n) is 0.921. The van der Waals surface area contributed by atoms with Crippen LogP contribution in [-0.4, -0.2) is 25.8 Å². The van der Waals surface area contributed by atoms with E-state index in [2.05, 4.69) is 4.74 Å². The summed E-state index contributed by atoms with van der Waals surface area (Å²) in [5.74, 6) is -0.667. The van der Waals surface area contributed by atoms with Crippen molar-refractivity contribution in [2.75, 3.05) is 13.7 Å². The van der Waals surface area contributed by atoms with Gasteiger partial charge in [-0.05, 0) is 12.1 Å². The number of carboxylic acid groups (broad SMARTS) is 1. The number of methoxy groups -OCH3 is 1. The second-order valence-corrected chi connectivity index (χ2v) is 2.67. The van der Waals surface area contributed by atoms with Gasteiger partial charge in [0.25, 0.3) is 0 Å². The van der Waals surface area contributed by atoms with Gasteiger partial charge >= 0.3 is 29.6 Å². The van der Waals surface area contributed by atoms with Gasteiger partial charge in [0.1, 0.15) is 18.5 Å². The van der Waals surface area contributed by atoms with Crippen LogP contribution in [0.4, 0.5) is 0 Å². The number of carbonyl (C=O) groups is 1. The third kappa shape index (κ3) is 5.18. The normalized spacial score (nSPS) is 11.3. The number of benzene rings is 1. The van der Waals surface area contributed by atoms with Crippen LogP contribution in [0.1, 0.15) is 0 Å². The molecule has 4 nitrogen and oxygen atoms in total. The average Bonchev–Trinajstić information content (AvgIpc) is 2.20. The summed E-state index contributed by atoms with van der Waals surface area (Å²) in [5, 5.41) is 10.4. The number of aliphatic carboxylic acids is 1. The van der Waals surface area contributed by atoms with Gasteiger partial charge in [0.05, 0.1) is 5.97 Å². The second-order valence-electron chi connectivity index (χ2n) is 2.67. The zero-order chi connectivity index (χ0) is 10.4. The number of carbonyl (C=O) groups excluding carboxylic acids is 1. The molecule has 0 bridgehead atoms. The van der Waals surface area contributed by atoms with Crippen molar-refractivity contribution in [3.63, 3.8) is 0 Å². The maximum Gasteiger partial charge on any atom is 1.00 e.